The minimum atomic E-state index is 0.797. The standard InChI is InChI=1S/C10H19NO/c1-9(4-2-6-11)10-5-3-7-12-8-10/h2-8,11H2,1H3/b10-9+. The predicted molar refractivity (Wildman–Crippen MR) is 51.0 cm³/mol. The van der Waals surface area contributed by atoms with Crippen LogP contribution < -0.4 is 5.73 Å². The molecular formula is C10H19NO. The summed E-state index contributed by atoms with van der Waals surface area (Å²) in [7, 11) is 0. The Labute approximate surface area is 74.8 Å². The molecule has 2 nitrogen and oxygen atoms in total. The third kappa shape index (κ3) is 2.95. The van der Waals surface area contributed by atoms with Crippen LogP contribution >= 0.6 is 0 Å². The molecule has 1 fully saturated rings. The molecule has 0 aromatic carbocycles. The quantitative estimate of drug-likeness (QED) is 0.654. The van der Waals surface area contributed by atoms with Crippen molar-refractivity contribution in [1.29, 1.82) is 0 Å². The number of rotatable bonds is 3. The van der Waals surface area contributed by atoms with Gasteiger partial charge in [-0.05, 0) is 44.7 Å². The Hall–Kier alpha value is -0.340. The van der Waals surface area contributed by atoms with Gasteiger partial charge in [-0.3, -0.25) is 0 Å². The van der Waals surface area contributed by atoms with Crippen LogP contribution in [0.25, 0.3) is 0 Å². The van der Waals surface area contributed by atoms with Gasteiger partial charge >= 0.3 is 0 Å². The molecule has 0 aliphatic carbocycles. The molecule has 70 valence electrons. The summed E-state index contributed by atoms with van der Waals surface area (Å²) >= 11 is 0. The van der Waals surface area contributed by atoms with Crippen molar-refractivity contribution < 1.29 is 4.74 Å². The number of allylic oxidation sites excluding steroid dienone is 1. The highest BCUT2D eigenvalue weighted by atomic mass is 16.5. The second-order valence-electron chi connectivity index (χ2n) is 3.43. The molecule has 1 heterocycles. The lowest BCUT2D eigenvalue weighted by molar-refractivity contribution is 0.129. The molecule has 0 aromatic heterocycles. The van der Waals surface area contributed by atoms with E-state index in [9.17, 15) is 0 Å². The first kappa shape index (κ1) is 9.75. The van der Waals surface area contributed by atoms with Crippen molar-refractivity contribution in [1.82, 2.24) is 0 Å². The summed E-state index contributed by atoms with van der Waals surface area (Å²) < 4.78 is 5.39. The van der Waals surface area contributed by atoms with Gasteiger partial charge < -0.3 is 10.5 Å². The smallest absolute Gasteiger partial charge is 0.0679 e. The van der Waals surface area contributed by atoms with E-state index in [1.54, 1.807) is 0 Å². The Morgan fingerprint density at radius 1 is 1.58 bits per heavy atom. The van der Waals surface area contributed by atoms with Crippen molar-refractivity contribution in [2.75, 3.05) is 19.8 Å². The Bertz CT molecular complexity index is 155. The van der Waals surface area contributed by atoms with E-state index < -0.39 is 0 Å². The number of hydrogen-bond acceptors (Lipinski definition) is 2. The third-order valence-corrected chi connectivity index (χ3v) is 2.40. The topological polar surface area (TPSA) is 35.2 Å². The van der Waals surface area contributed by atoms with Crippen LogP contribution in [0.15, 0.2) is 11.1 Å². The summed E-state index contributed by atoms with van der Waals surface area (Å²) in [6, 6.07) is 0. The van der Waals surface area contributed by atoms with Crippen LogP contribution in [-0.2, 0) is 4.74 Å². The molecular weight excluding hydrogens is 150 g/mol. The van der Waals surface area contributed by atoms with Gasteiger partial charge in [0.25, 0.3) is 0 Å². The van der Waals surface area contributed by atoms with Gasteiger partial charge in [0.15, 0.2) is 0 Å². The zero-order valence-corrected chi connectivity index (χ0v) is 7.94. The number of nitrogens with two attached hydrogens (primary N) is 1. The second-order valence-corrected chi connectivity index (χ2v) is 3.43. The average Bonchev–Trinajstić information content (AvgIpc) is 2.15. The van der Waals surface area contributed by atoms with Crippen molar-refractivity contribution in [3.63, 3.8) is 0 Å². The molecule has 2 heteroatoms. The molecule has 2 N–H and O–H groups in total. The average molecular weight is 169 g/mol. The third-order valence-electron chi connectivity index (χ3n) is 2.40. The van der Waals surface area contributed by atoms with Gasteiger partial charge in [0.1, 0.15) is 0 Å². The summed E-state index contributed by atoms with van der Waals surface area (Å²) in [5, 5.41) is 0. The normalized spacial score (nSPS) is 22.5. The lowest BCUT2D eigenvalue weighted by atomic mass is 10.0. The highest BCUT2D eigenvalue weighted by Gasteiger charge is 2.07. The highest BCUT2D eigenvalue weighted by molar-refractivity contribution is 5.13. The van der Waals surface area contributed by atoms with Gasteiger partial charge in [0.05, 0.1) is 6.61 Å². The van der Waals surface area contributed by atoms with E-state index in [-0.39, 0.29) is 0 Å². The summed E-state index contributed by atoms with van der Waals surface area (Å²) in [6.07, 6.45) is 4.68. The van der Waals surface area contributed by atoms with Crippen molar-refractivity contribution in [3.8, 4) is 0 Å². The molecule has 0 unspecified atom stereocenters. The van der Waals surface area contributed by atoms with Gasteiger partial charge in [-0.2, -0.15) is 0 Å². The van der Waals surface area contributed by atoms with Gasteiger partial charge in [0, 0.05) is 6.61 Å². The van der Waals surface area contributed by atoms with Crippen LogP contribution in [0.5, 0.6) is 0 Å². The first-order chi connectivity index (χ1) is 5.84. The molecule has 1 rings (SSSR count). The molecule has 1 aliphatic heterocycles. The van der Waals surface area contributed by atoms with Gasteiger partial charge in [0.2, 0.25) is 0 Å². The SMILES string of the molecule is C/C(CCCN)=C1/CCCOC1. The van der Waals surface area contributed by atoms with Crippen LogP contribution in [0, 0.1) is 0 Å². The zero-order valence-electron chi connectivity index (χ0n) is 7.94. The lowest BCUT2D eigenvalue weighted by Gasteiger charge is -2.17. The molecule has 0 radical (unpaired) electrons. The molecule has 0 amide bonds. The minimum absolute atomic E-state index is 0.797. The first-order valence-electron chi connectivity index (χ1n) is 4.80. The second kappa shape index (κ2) is 5.33. The van der Waals surface area contributed by atoms with E-state index in [0.29, 0.717) is 0 Å². The van der Waals surface area contributed by atoms with Crippen LogP contribution in [0.4, 0.5) is 0 Å². The fraction of sp³-hybridized carbons (Fsp3) is 0.800. The monoisotopic (exact) mass is 169 g/mol. The van der Waals surface area contributed by atoms with Crippen molar-refractivity contribution in [2.24, 2.45) is 5.73 Å². The maximum absolute atomic E-state index is 5.45. The Kier molecular flexibility index (Phi) is 4.33. The van der Waals surface area contributed by atoms with Crippen molar-refractivity contribution in [2.45, 2.75) is 32.6 Å². The van der Waals surface area contributed by atoms with Crippen molar-refractivity contribution >= 4 is 0 Å². The maximum Gasteiger partial charge on any atom is 0.0679 e. The largest absolute Gasteiger partial charge is 0.377 e. The number of hydrogen-bond donors (Lipinski definition) is 1. The summed E-state index contributed by atoms with van der Waals surface area (Å²) in [6.45, 7) is 4.80. The Balaban J connectivity index is 2.37. The zero-order chi connectivity index (χ0) is 8.81. The van der Waals surface area contributed by atoms with Crippen LogP contribution in [0.1, 0.15) is 32.6 Å². The minimum Gasteiger partial charge on any atom is -0.377 e. The van der Waals surface area contributed by atoms with E-state index in [2.05, 4.69) is 6.92 Å². The summed E-state index contributed by atoms with van der Waals surface area (Å²) in [5.41, 5.74) is 8.46. The fourth-order valence-electron chi connectivity index (χ4n) is 1.54. The fourth-order valence-corrected chi connectivity index (χ4v) is 1.54. The molecule has 0 saturated carbocycles. The summed E-state index contributed by atoms with van der Waals surface area (Å²) in [4.78, 5) is 0. The van der Waals surface area contributed by atoms with Crippen LogP contribution in [0.3, 0.4) is 0 Å². The molecule has 0 bridgehead atoms. The molecule has 1 aliphatic rings. The summed E-state index contributed by atoms with van der Waals surface area (Å²) in [5.74, 6) is 0. The van der Waals surface area contributed by atoms with E-state index in [0.717, 1.165) is 32.6 Å². The van der Waals surface area contributed by atoms with E-state index in [1.807, 2.05) is 0 Å². The highest BCUT2D eigenvalue weighted by Crippen LogP contribution is 2.19. The molecule has 0 atom stereocenters. The van der Waals surface area contributed by atoms with E-state index in [4.69, 9.17) is 10.5 Å². The Morgan fingerprint density at radius 3 is 3.00 bits per heavy atom. The number of ether oxygens (including phenoxy) is 1. The predicted octanol–water partition coefficient (Wildman–Crippen LogP) is 1.85. The van der Waals surface area contributed by atoms with Crippen molar-refractivity contribution in [3.05, 3.63) is 11.1 Å². The van der Waals surface area contributed by atoms with Gasteiger partial charge in [-0.25, -0.2) is 0 Å². The molecule has 0 aromatic rings. The van der Waals surface area contributed by atoms with Gasteiger partial charge in [-0.1, -0.05) is 5.57 Å². The molecule has 1 saturated heterocycles. The van der Waals surface area contributed by atoms with Crippen LogP contribution in [0.2, 0.25) is 0 Å². The van der Waals surface area contributed by atoms with E-state index in [1.165, 1.54) is 24.0 Å². The lowest BCUT2D eigenvalue weighted by Crippen LogP contribution is -2.10. The maximum atomic E-state index is 5.45. The first-order valence-corrected chi connectivity index (χ1v) is 4.80. The molecule has 0 spiro atoms. The van der Waals surface area contributed by atoms with Gasteiger partial charge in [-0.15, -0.1) is 0 Å². The van der Waals surface area contributed by atoms with Crippen LogP contribution in [-0.4, -0.2) is 19.8 Å². The Morgan fingerprint density at radius 2 is 2.42 bits per heavy atom. The molecule has 12 heavy (non-hydrogen) atoms. The van der Waals surface area contributed by atoms with E-state index >= 15 is 0 Å².